The summed E-state index contributed by atoms with van der Waals surface area (Å²) in [6.07, 6.45) is 0.770. The van der Waals surface area contributed by atoms with Crippen molar-refractivity contribution in [2.45, 2.75) is 27.2 Å². The molecule has 0 aliphatic rings. The lowest BCUT2D eigenvalue weighted by molar-refractivity contribution is 0.402. The fourth-order valence-corrected chi connectivity index (χ4v) is 1.57. The first-order chi connectivity index (χ1) is 5.88. The van der Waals surface area contributed by atoms with Crippen molar-refractivity contribution in [1.29, 1.82) is 0 Å². The van der Waals surface area contributed by atoms with Gasteiger partial charge in [0.2, 0.25) is 0 Å². The zero-order chi connectivity index (χ0) is 10.1. The van der Waals surface area contributed by atoms with E-state index >= 15 is 0 Å². The lowest BCUT2D eigenvalue weighted by Crippen LogP contribution is -2.10. The Morgan fingerprint density at radius 1 is 1.31 bits per heavy atom. The van der Waals surface area contributed by atoms with E-state index in [1.165, 1.54) is 6.07 Å². The first-order valence-electron chi connectivity index (χ1n) is 4.32. The average molecular weight is 245 g/mol. The number of hydrogen-bond acceptors (Lipinski definition) is 0. The monoisotopic (exact) mass is 244 g/mol. The topological polar surface area (TPSA) is 0 Å². The molecule has 0 radical (unpaired) electrons. The molecular weight excluding hydrogens is 231 g/mol. The molecule has 0 unspecified atom stereocenters. The van der Waals surface area contributed by atoms with Gasteiger partial charge >= 0.3 is 0 Å². The Balaban J connectivity index is 2.90. The third-order valence-corrected chi connectivity index (χ3v) is 2.23. The van der Waals surface area contributed by atoms with E-state index in [1.807, 2.05) is 12.1 Å². The van der Waals surface area contributed by atoms with Gasteiger partial charge in [-0.25, -0.2) is 4.39 Å². The molecule has 0 N–H and O–H groups in total. The molecule has 0 saturated carbocycles. The Hall–Kier alpha value is -0.370. The van der Waals surface area contributed by atoms with E-state index < -0.39 is 0 Å². The van der Waals surface area contributed by atoms with Crippen LogP contribution >= 0.6 is 15.9 Å². The van der Waals surface area contributed by atoms with Crippen LogP contribution in [0.1, 0.15) is 26.3 Å². The first kappa shape index (κ1) is 10.7. The molecule has 0 spiro atoms. The maximum Gasteiger partial charge on any atom is 0.127 e. The second-order valence-electron chi connectivity index (χ2n) is 4.47. The largest absolute Gasteiger partial charge is 0.207 e. The molecule has 0 atom stereocenters. The summed E-state index contributed by atoms with van der Waals surface area (Å²) < 4.78 is 14.1. The molecule has 72 valence electrons. The standard InChI is InChI=1S/C11H14BrF/c1-11(2,3)7-8-4-5-9(12)6-10(8)13/h4-6H,7H2,1-3H3. The van der Waals surface area contributed by atoms with Crippen molar-refractivity contribution in [2.75, 3.05) is 0 Å². The minimum absolute atomic E-state index is 0.121. The van der Waals surface area contributed by atoms with Gasteiger partial charge in [-0.3, -0.25) is 0 Å². The molecule has 1 aromatic carbocycles. The molecule has 1 rings (SSSR count). The van der Waals surface area contributed by atoms with Crippen molar-refractivity contribution >= 4 is 15.9 Å². The molecule has 0 amide bonds. The Bertz CT molecular complexity index is 299. The number of benzene rings is 1. The van der Waals surface area contributed by atoms with Gasteiger partial charge in [-0.05, 0) is 29.5 Å². The lowest BCUT2D eigenvalue weighted by atomic mass is 9.88. The van der Waals surface area contributed by atoms with Crippen molar-refractivity contribution in [1.82, 2.24) is 0 Å². The zero-order valence-electron chi connectivity index (χ0n) is 8.20. The normalized spacial score (nSPS) is 11.8. The predicted octanol–water partition coefficient (Wildman–Crippen LogP) is 4.18. The highest BCUT2D eigenvalue weighted by molar-refractivity contribution is 9.10. The lowest BCUT2D eigenvalue weighted by Gasteiger charge is -2.18. The smallest absolute Gasteiger partial charge is 0.127 e. The molecule has 0 aliphatic carbocycles. The van der Waals surface area contributed by atoms with Gasteiger partial charge in [0.1, 0.15) is 5.82 Å². The molecule has 13 heavy (non-hydrogen) atoms. The zero-order valence-corrected chi connectivity index (χ0v) is 9.78. The van der Waals surface area contributed by atoms with Gasteiger partial charge in [-0.15, -0.1) is 0 Å². The Morgan fingerprint density at radius 2 is 1.92 bits per heavy atom. The fourth-order valence-electron chi connectivity index (χ4n) is 1.24. The average Bonchev–Trinajstić information content (AvgIpc) is 1.93. The van der Waals surface area contributed by atoms with Gasteiger partial charge in [0, 0.05) is 4.47 Å². The molecule has 0 aromatic heterocycles. The predicted molar refractivity (Wildman–Crippen MR) is 57.3 cm³/mol. The minimum atomic E-state index is -0.121. The van der Waals surface area contributed by atoms with Gasteiger partial charge in [-0.2, -0.15) is 0 Å². The molecule has 0 fully saturated rings. The molecule has 0 nitrogen and oxygen atoms in total. The van der Waals surface area contributed by atoms with Crippen LogP contribution in [0.4, 0.5) is 4.39 Å². The van der Waals surface area contributed by atoms with Gasteiger partial charge in [0.25, 0.3) is 0 Å². The Morgan fingerprint density at radius 3 is 2.38 bits per heavy atom. The summed E-state index contributed by atoms with van der Waals surface area (Å²) in [6.45, 7) is 6.32. The van der Waals surface area contributed by atoms with Crippen LogP contribution < -0.4 is 0 Å². The fraction of sp³-hybridized carbons (Fsp3) is 0.455. The Labute approximate surface area is 87.3 Å². The second kappa shape index (κ2) is 3.79. The van der Waals surface area contributed by atoms with Crippen molar-refractivity contribution in [3.63, 3.8) is 0 Å². The highest BCUT2D eigenvalue weighted by Crippen LogP contribution is 2.24. The first-order valence-corrected chi connectivity index (χ1v) is 5.12. The molecule has 0 saturated heterocycles. The minimum Gasteiger partial charge on any atom is -0.207 e. The molecule has 0 bridgehead atoms. The highest BCUT2D eigenvalue weighted by Gasteiger charge is 2.13. The molecule has 0 aliphatic heterocycles. The van der Waals surface area contributed by atoms with Crippen molar-refractivity contribution in [2.24, 2.45) is 5.41 Å². The van der Waals surface area contributed by atoms with E-state index in [4.69, 9.17) is 0 Å². The summed E-state index contributed by atoms with van der Waals surface area (Å²) in [5.74, 6) is -0.121. The Kier molecular flexibility index (Phi) is 3.12. The molecule has 0 heterocycles. The quantitative estimate of drug-likeness (QED) is 0.696. The van der Waals surface area contributed by atoms with Crippen molar-refractivity contribution in [3.8, 4) is 0 Å². The van der Waals surface area contributed by atoms with Crippen LogP contribution in [0.25, 0.3) is 0 Å². The second-order valence-corrected chi connectivity index (χ2v) is 5.39. The van der Waals surface area contributed by atoms with Gasteiger partial charge in [0.05, 0.1) is 0 Å². The number of rotatable bonds is 1. The van der Waals surface area contributed by atoms with Crippen LogP contribution in [-0.4, -0.2) is 0 Å². The number of halogens is 2. The van der Waals surface area contributed by atoms with Crippen LogP contribution in [0.3, 0.4) is 0 Å². The van der Waals surface area contributed by atoms with Crippen LogP contribution in [0.15, 0.2) is 22.7 Å². The molecule has 1 aromatic rings. The summed E-state index contributed by atoms with van der Waals surface area (Å²) >= 11 is 3.24. The third-order valence-electron chi connectivity index (χ3n) is 1.74. The highest BCUT2D eigenvalue weighted by atomic mass is 79.9. The van der Waals surface area contributed by atoms with Crippen LogP contribution in [-0.2, 0) is 6.42 Å². The maximum atomic E-state index is 13.4. The third kappa shape index (κ3) is 3.47. The van der Waals surface area contributed by atoms with Crippen LogP contribution in [0, 0.1) is 11.2 Å². The summed E-state index contributed by atoms with van der Waals surface area (Å²) in [5.41, 5.74) is 0.921. The van der Waals surface area contributed by atoms with E-state index in [0.717, 1.165) is 16.5 Å². The van der Waals surface area contributed by atoms with E-state index in [0.29, 0.717) is 0 Å². The van der Waals surface area contributed by atoms with Gasteiger partial charge < -0.3 is 0 Å². The van der Waals surface area contributed by atoms with Crippen molar-refractivity contribution < 1.29 is 4.39 Å². The summed E-state index contributed by atoms with van der Waals surface area (Å²) in [6, 6.07) is 5.23. The molecule has 2 heteroatoms. The summed E-state index contributed by atoms with van der Waals surface area (Å²) in [5, 5.41) is 0. The summed E-state index contributed by atoms with van der Waals surface area (Å²) in [7, 11) is 0. The van der Waals surface area contributed by atoms with E-state index in [2.05, 4.69) is 36.7 Å². The van der Waals surface area contributed by atoms with Gasteiger partial charge in [0.15, 0.2) is 0 Å². The molecular formula is C11H14BrF. The van der Waals surface area contributed by atoms with Gasteiger partial charge in [-0.1, -0.05) is 42.8 Å². The summed E-state index contributed by atoms with van der Waals surface area (Å²) in [4.78, 5) is 0. The van der Waals surface area contributed by atoms with Crippen LogP contribution in [0.2, 0.25) is 0 Å². The van der Waals surface area contributed by atoms with E-state index in [-0.39, 0.29) is 11.2 Å². The number of hydrogen-bond donors (Lipinski definition) is 0. The van der Waals surface area contributed by atoms with E-state index in [9.17, 15) is 4.39 Å². The SMILES string of the molecule is CC(C)(C)Cc1ccc(Br)cc1F. The van der Waals surface area contributed by atoms with Crippen molar-refractivity contribution in [3.05, 3.63) is 34.1 Å². The van der Waals surface area contributed by atoms with E-state index in [1.54, 1.807) is 0 Å². The maximum absolute atomic E-state index is 13.4. The van der Waals surface area contributed by atoms with Crippen LogP contribution in [0.5, 0.6) is 0 Å².